The van der Waals surface area contributed by atoms with Crippen molar-refractivity contribution in [3.63, 3.8) is 0 Å². The molecule has 0 aliphatic heterocycles. The monoisotopic (exact) mass is 311 g/mol. The second-order valence-corrected chi connectivity index (χ2v) is 5.16. The van der Waals surface area contributed by atoms with Crippen molar-refractivity contribution < 1.29 is 19.1 Å². The lowest BCUT2D eigenvalue weighted by Crippen LogP contribution is -2.36. The van der Waals surface area contributed by atoms with Gasteiger partial charge in [0.05, 0.1) is 12.8 Å². The molecule has 0 aliphatic rings. The molecule has 0 bridgehead atoms. The molecule has 0 atom stereocenters. The SMILES string of the molecule is C=CCN(CC(=O)Nc1nc(C)c(C(=O)OC)s1)C(C)=O. The van der Waals surface area contributed by atoms with Crippen LogP contribution in [0.1, 0.15) is 22.3 Å². The van der Waals surface area contributed by atoms with Gasteiger partial charge in [-0.05, 0) is 6.92 Å². The number of thiazole rings is 1. The zero-order valence-electron chi connectivity index (χ0n) is 12.1. The number of ether oxygens (including phenoxy) is 1. The van der Waals surface area contributed by atoms with Gasteiger partial charge in [-0.15, -0.1) is 6.58 Å². The quantitative estimate of drug-likeness (QED) is 0.630. The first-order valence-electron chi connectivity index (χ1n) is 6.11. The van der Waals surface area contributed by atoms with E-state index in [2.05, 4.69) is 21.6 Å². The summed E-state index contributed by atoms with van der Waals surface area (Å²) in [6.45, 7) is 6.74. The second kappa shape index (κ2) is 7.53. The molecule has 114 valence electrons. The van der Waals surface area contributed by atoms with Crippen LogP contribution in [0, 0.1) is 6.92 Å². The number of carbonyl (C=O) groups excluding carboxylic acids is 3. The third-order valence-electron chi connectivity index (χ3n) is 2.54. The highest BCUT2D eigenvalue weighted by molar-refractivity contribution is 7.17. The van der Waals surface area contributed by atoms with Crippen molar-refractivity contribution in [1.82, 2.24) is 9.88 Å². The van der Waals surface area contributed by atoms with Gasteiger partial charge in [0, 0.05) is 13.5 Å². The summed E-state index contributed by atoms with van der Waals surface area (Å²) in [4.78, 5) is 40.4. The molecule has 8 heteroatoms. The molecule has 0 unspecified atom stereocenters. The van der Waals surface area contributed by atoms with Crippen molar-refractivity contribution in [3.05, 3.63) is 23.2 Å². The van der Waals surface area contributed by atoms with Crippen molar-refractivity contribution >= 4 is 34.3 Å². The van der Waals surface area contributed by atoms with Crippen LogP contribution in [-0.4, -0.2) is 47.9 Å². The standard InChI is InChI=1S/C13H17N3O4S/c1-5-6-16(9(3)17)7-10(18)15-13-14-8(2)11(21-13)12(19)20-4/h5H,1,6-7H2,2-4H3,(H,14,15,18). The number of aromatic nitrogens is 1. The molecule has 21 heavy (non-hydrogen) atoms. The molecule has 1 heterocycles. The summed E-state index contributed by atoms with van der Waals surface area (Å²) in [5, 5.41) is 2.85. The van der Waals surface area contributed by atoms with Crippen LogP contribution in [0.2, 0.25) is 0 Å². The minimum absolute atomic E-state index is 0.104. The fraction of sp³-hybridized carbons (Fsp3) is 0.385. The number of methoxy groups -OCH3 is 1. The molecule has 0 spiro atoms. The van der Waals surface area contributed by atoms with Crippen molar-refractivity contribution in [2.24, 2.45) is 0 Å². The number of hydrogen-bond donors (Lipinski definition) is 1. The van der Waals surface area contributed by atoms with Crippen LogP contribution < -0.4 is 5.32 Å². The van der Waals surface area contributed by atoms with Crippen LogP contribution in [0.15, 0.2) is 12.7 Å². The summed E-state index contributed by atoms with van der Waals surface area (Å²) in [5.74, 6) is -1.12. The molecule has 0 fully saturated rings. The highest BCUT2D eigenvalue weighted by Gasteiger charge is 2.18. The number of amides is 2. The number of aryl methyl sites for hydroxylation is 1. The summed E-state index contributed by atoms with van der Waals surface area (Å²) in [5.41, 5.74) is 0.483. The van der Waals surface area contributed by atoms with E-state index in [0.29, 0.717) is 15.7 Å². The van der Waals surface area contributed by atoms with Crippen molar-refractivity contribution in [1.29, 1.82) is 0 Å². The number of esters is 1. The van der Waals surface area contributed by atoms with Crippen LogP contribution in [0.5, 0.6) is 0 Å². The molecule has 1 N–H and O–H groups in total. The molecule has 0 saturated carbocycles. The molecule has 0 radical (unpaired) electrons. The van der Waals surface area contributed by atoms with Gasteiger partial charge in [-0.3, -0.25) is 9.59 Å². The van der Waals surface area contributed by atoms with Crippen molar-refractivity contribution in [3.8, 4) is 0 Å². The van der Waals surface area contributed by atoms with E-state index in [1.807, 2.05) is 0 Å². The third-order valence-corrected chi connectivity index (χ3v) is 3.60. The second-order valence-electron chi connectivity index (χ2n) is 4.16. The highest BCUT2D eigenvalue weighted by atomic mass is 32.1. The number of hydrogen-bond acceptors (Lipinski definition) is 6. The molecule has 1 aromatic rings. The predicted octanol–water partition coefficient (Wildman–Crippen LogP) is 1.21. The Hall–Kier alpha value is -2.22. The molecular formula is C13H17N3O4S. The minimum atomic E-state index is -0.498. The van der Waals surface area contributed by atoms with E-state index in [9.17, 15) is 14.4 Å². The van der Waals surface area contributed by atoms with Gasteiger partial charge in [0.25, 0.3) is 0 Å². The topological polar surface area (TPSA) is 88.6 Å². The Bertz CT molecular complexity index is 568. The van der Waals surface area contributed by atoms with E-state index in [0.717, 1.165) is 11.3 Å². The van der Waals surface area contributed by atoms with Gasteiger partial charge in [0.1, 0.15) is 11.4 Å². The molecule has 0 aliphatic carbocycles. The van der Waals surface area contributed by atoms with Gasteiger partial charge in [0.2, 0.25) is 11.8 Å². The first-order valence-corrected chi connectivity index (χ1v) is 6.92. The molecule has 1 aromatic heterocycles. The summed E-state index contributed by atoms with van der Waals surface area (Å²) in [6, 6.07) is 0. The van der Waals surface area contributed by atoms with Crippen LogP contribution in [0.25, 0.3) is 0 Å². The van der Waals surface area contributed by atoms with Crippen LogP contribution in [0.3, 0.4) is 0 Å². The summed E-state index contributed by atoms with van der Waals surface area (Å²) in [7, 11) is 1.28. The molecule has 2 amide bonds. The predicted molar refractivity (Wildman–Crippen MR) is 79.3 cm³/mol. The number of anilines is 1. The van der Waals surface area contributed by atoms with Crippen LogP contribution >= 0.6 is 11.3 Å². The zero-order valence-corrected chi connectivity index (χ0v) is 13.0. The smallest absolute Gasteiger partial charge is 0.350 e. The maximum Gasteiger partial charge on any atom is 0.350 e. The van der Waals surface area contributed by atoms with Crippen molar-refractivity contribution in [2.45, 2.75) is 13.8 Å². The van der Waals surface area contributed by atoms with E-state index >= 15 is 0 Å². The fourth-order valence-corrected chi connectivity index (χ4v) is 2.43. The van der Waals surface area contributed by atoms with E-state index in [4.69, 9.17) is 0 Å². The number of carbonyl (C=O) groups is 3. The molecule has 0 saturated heterocycles. The largest absolute Gasteiger partial charge is 0.465 e. The molecular weight excluding hydrogens is 294 g/mol. The normalized spacial score (nSPS) is 9.86. The Kier molecular flexibility index (Phi) is 6.04. The first kappa shape index (κ1) is 16.8. The van der Waals surface area contributed by atoms with Crippen LogP contribution in [-0.2, 0) is 14.3 Å². The molecule has 1 rings (SSSR count). The minimum Gasteiger partial charge on any atom is -0.465 e. The highest BCUT2D eigenvalue weighted by Crippen LogP contribution is 2.23. The number of nitrogens with zero attached hydrogens (tertiary/aromatic N) is 2. The first-order chi connectivity index (χ1) is 9.88. The van der Waals surface area contributed by atoms with Gasteiger partial charge >= 0.3 is 5.97 Å². The Morgan fingerprint density at radius 2 is 2.14 bits per heavy atom. The lowest BCUT2D eigenvalue weighted by atomic mass is 10.4. The Balaban J connectivity index is 2.73. The van der Waals surface area contributed by atoms with Gasteiger partial charge in [-0.2, -0.15) is 0 Å². The van der Waals surface area contributed by atoms with E-state index in [-0.39, 0.29) is 19.0 Å². The van der Waals surface area contributed by atoms with Gasteiger partial charge < -0.3 is 15.0 Å². The summed E-state index contributed by atoms with van der Waals surface area (Å²) < 4.78 is 4.62. The Morgan fingerprint density at radius 1 is 1.48 bits per heavy atom. The maximum absolute atomic E-state index is 11.9. The Labute approximate surface area is 126 Å². The van der Waals surface area contributed by atoms with Gasteiger partial charge in [-0.25, -0.2) is 9.78 Å². The fourth-order valence-electron chi connectivity index (χ4n) is 1.52. The molecule has 7 nitrogen and oxygen atoms in total. The average Bonchev–Trinajstić information content (AvgIpc) is 2.77. The van der Waals surface area contributed by atoms with Gasteiger partial charge in [-0.1, -0.05) is 17.4 Å². The van der Waals surface area contributed by atoms with Crippen LogP contribution in [0.4, 0.5) is 5.13 Å². The number of nitrogens with one attached hydrogen (secondary N) is 1. The zero-order chi connectivity index (χ0) is 16.0. The van der Waals surface area contributed by atoms with Gasteiger partial charge in [0.15, 0.2) is 5.13 Å². The Morgan fingerprint density at radius 3 is 2.67 bits per heavy atom. The summed E-state index contributed by atoms with van der Waals surface area (Å²) >= 11 is 1.03. The van der Waals surface area contributed by atoms with E-state index in [1.54, 1.807) is 6.92 Å². The molecule has 0 aromatic carbocycles. The average molecular weight is 311 g/mol. The summed E-state index contributed by atoms with van der Waals surface area (Å²) in [6.07, 6.45) is 1.54. The maximum atomic E-state index is 11.9. The number of rotatable bonds is 6. The van der Waals surface area contributed by atoms with E-state index in [1.165, 1.54) is 25.0 Å². The third kappa shape index (κ3) is 4.67. The van der Waals surface area contributed by atoms with Crippen molar-refractivity contribution in [2.75, 3.05) is 25.5 Å². The van der Waals surface area contributed by atoms with E-state index < -0.39 is 11.9 Å². The lowest BCUT2D eigenvalue weighted by Gasteiger charge is -2.17. The lowest BCUT2D eigenvalue weighted by molar-refractivity contribution is -0.132.